The maximum absolute atomic E-state index is 9.26. The van der Waals surface area contributed by atoms with Gasteiger partial charge in [0.25, 0.3) is 0 Å². The fourth-order valence-corrected chi connectivity index (χ4v) is 6.94. The summed E-state index contributed by atoms with van der Waals surface area (Å²) in [5.74, 6) is 2.18. The summed E-state index contributed by atoms with van der Waals surface area (Å²) in [6.45, 7) is 5.23. The third kappa shape index (κ3) is 5.44. The minimum absolute atomic E-state index is 0.236. The Labute approximate surface area is 250 Å². The molecule has 0 spiro atoms. The van der Waals surface area contributed by atoms with Crippen LogP contribution >= 0.6 is 0 Å². The number of rotatable bonds is 8. The van der Waals surface area contributed by atoms with Gasteiger partial charge in [-0.25, -0.2) is 19.6 Å². The van der Waals surface area contributed by atoms with Gasteiger partial charge in [0.1, 0.15) is 29.4 Å². The molecule has 1 saturated carbocycles. The number of hydrogen-bond donors (Lipinski definition) is 3. The molecule has 1 saturated heterocycles. The molecule has 0 unspecified atom stereocenters. The van der Waals surface area contributed by atoms with Crippen molar-refractivity contribution in [3.8, 4) is 17.0 Å². The van der Waals surface area contributed by atoms with Crippen molar-refractivity contribution in [1.82, 2.24) is 39.5 Å². The number of H-pyrrole nitrogens is 1. The Bertz CT molecular complexity index is 1710. The van der Waals surface area contributed by atoms with Crippen LogP contribution in [0, 0.1) is 0 Å². The molecule has 2 aliphatic rings. The second-order valence-electron chi connectivity index (χ2n) is 11.7. The van der Waals surface area contributed by atoms with E-state index in [1.54, 1.807) is 13.4 Å². The number of para-hydroxylation sites is 1. The van der Waals surface area contributed by atoms with Gasteiger partial charge in [0.05, 0.1) is 36.2 Å². The van der Waals surface area contributed by atoms with Gasteiger partial charge in [0, 0.05) is 56.3 Å². The minimum atomic E-state index is 0.236. The van der Waals surface area contributed by atoms with E-state index < -0.39 is 0 Å². The number of anilines is 1. The van der Waals surface area contributed by atoms with Crippen LogP contribution in [0.5, 0.6) is 5.75 Å². The van der Waals surface area contributed by atoms with Gasteiger partial charge < -0.3 is 20.6 Å². The number of aromatic amines is 1. The lowest BCUT2D eigenvalue weighted by molar-refractivity contribution is 0.0629. The third-order valence-electron chi connectivity index (χ3n) is 9.22. The number of nitrogen functional groups attached to an aromatic ring is 1. The molecule has 11 heteroatoms. The van der Waals surface area contributed by atoms with Crippen LogP contribution in [0.2, 0.25) is 0 Å². The first-order chi connectivity index (χ1) is 21.1. The highest BCUT2D eigenvalue weighted by molar-refractivity contribution is 5.99. The quantitative estimate of drug-likeness (QED) is 0.251. The minimum Gasteiger partial charge on any atom is -0.496 e. The molecule has 3 aromatic heterocycles. The smallest absolute Gasteiger partial charge is 0.164 e. The highest BCUT2D eigenvalue weighted by Crippen LogP contribution is 2.37. The third-order valence-corrected chi connectivity index (χ3v) is 9.22. The highest BCUT2D eigenvalue weighted by atomic mass is 16.5. The van der Waals surface area contributed by atoms with Crippen molar-refractivity contribution in [1.29, 1.82) is 0 Å². The van der Waals surface area contributed by atoms with Gasteiger partial charge in [-0.15, -0.1) is 0 Å². The lowest BCUT2D eigenvalue weighted by Gasteiger charge is -2.41. The predicted octanol–water partition coefficient (Wildman–Crippen LogP) is 3.64. The van der Waals surface area contributed by atoms with E-state index >= 15 is 0 Å². The molecule has 0 atom stereocenters. The average Bonchev–Trinajstić information content (AvgIpc) is 3.63. The number of fused-ring (bicyclic) bond motifs is 2. The van der Waals surface area contributed by atoms with Gasteiger partial charge in [0.15, 0.2) is 5.65 Å². The molecule has 11 nitrogen and oxygen atoms in total. The summed E-state index contributed by atoms with van der Waals surface area (Å²) < 4.78 is 7.63. The van der Waals surface area contributed by atoms with E-state index in [1.807, 2.05) is 24.3 Å². The number of hydrogen-bond acceptors (Lipinski definition) is 9. The number of piperazine rings is 1. The summed E-state index contributed by atoms with van der Waals surface area (Å²) >= 11 is 0. The number of aromatic nitrogens is 6. The Balaban J connectivity index is 1.13. The van der Waals surface area contributed by atoms with E-state index in [1.165, 1.54) is 0 Å². The van der Waals surface area contributed by atoms with Crippen molar-refractivity contribution in [2.75, 3.05) is 52.2 Å². The Kier molecular flexibility index (Phi) is 7.69. The maximum atomic E-state index is 9.26. The summed E-state index contributed by atoms with van der Waals surface area (Å²) in [5.41, 5.74) is 11.9. The zero-order valence-corrected chi connectivity index (χ0v) is 24.6. The summed E-state index contributed by atoms with van der Waals surface area (Å²) in [7, 11) is 1.69. The highest BCUT2D eigenvalue weighted by Gasteiger charge is 2.31. The molecule has 0 amide bonds. The summed E-state index contributed by atoms with van der Waals surface area (Å²) in [5, 5.41) is 15.2. The average molecular weight is 582 g/mol. The van der Waals surface area contributed by atoms with Crippen molar-refractivity contribution < 1.29 is 9.84 Å². The van der Waals surface area contributed by atoms with E-state index in [-0.39, 0.29) is 12.6 Å². The van der Waals surface area contributed by atoms with Gasteiger partial charge in [-0.3, -0.25) is 9.80 Å². The number of nitrogens with zero attached hydrogens (tertiary/aromatic N) is 7. The Morgan fingerprint density at radius 3 is 2.58 bits per heavy atom. The Hall–Kier alpha value is -4.06. The second kappa shape index (κ2) is 11.9. The van der Waals surface area contributed by atoms with Gasteiger partial charge in [-0.1, -0.05) is 24.3 Å². The number of nitrogens with one attached hydrogen (secondary N) is 1. The molecule has 2 fully saturated rings. The number of imidazole rings is 1. The van der Waals surface area contributed by atoms with E-state index in [0.717, 1.165) is 109 Å². The number of ether oxygens (including phenoxy) is 1. The molecule has 43 heavy (non-hydrogen) atoms. The first-order valence-electron chi connectivity index (χ1n) is 15.3. The molecule has 0 bridgehead atoms. The molecule has 1 aliphatic heterocycles. The van der Waals surface area contributed by atoms with Crippen LogP contribution in [0.15, 0.2) is 48.8 Å². The molecule has 1 aliphatic carbocycles. The van der Waals surface area contributed by atoms with Crippen LogP contribution in [0.25, 0.3) is 33.3 Å². The predicted molar refractivity (Wildman–Crippen MR) is 167 cm³/mol. The SMILES string of the molecule is COc1ccccc1Cc1nc2ccc(-c3nn([C@H]4CC[C@H](N5CCN(CCO)CC5)CC4)c4ncnc(N)c34)cc2[nH]1. The molecule has 4 N–H and O–H groups in total. The molecule has 4 heterocycles. The Morgan fingerprint density at radius 2 is 1.79 bits per heavy atom. The number of β-amino-alcohol motifs (C(OH)–C–C–N with tert-alkyl or cyclic N) is 1. The van der Waals surface area contributed by atoms with Gasteiger partial charge in [0.2, 0.25) is 0 Å². The monoisotopic (exact) mass is 581 g/mol. The van der Waals surface area contributed by atoms with E-state index in [2.05, 4.69) is 47.6 Å². The molecule has 224 valence electrons. The lowest BCUT2D eigenvalue weighted by Crippen LogP contribution is -2.51. The number of nitrogens with two attached hydrogens (primary N) is 1. The number of aliphatic hydroxyl groups excluding tert-OH is 1. The van der Waals surface area contributed by atoms with Crippen molar-refractivity contribution >= 4 is 27.9 Å². The lowest BCUT2D eigenvalue weighted by atomic mass is 9.90. The van der Waals surface area contributed by atoms with Crippen LogP contribution in [0.4, 0.5) is 5.82 Å². The number of methoxy groups -OCH3 is 1. The van der Waals surface area contributed by atoms with Gasteiger partial charge >= 0.3 is 0 Å². The summed E-state index contributed by atoms with van der Waals surface area (Å²) in [4.78, 5) is 22.3. The summed E-state index contributed by atoms with van der Waals surface area (Å²) in [6, 6.07) is 15.1. The van der Waals surface area contributed by atoms with Crippen LogP contribution in [0.1, 0.15) is 43.1 Å². The van der Waals surface area contributed by atoms with E-state index in [0.29, 0.717) is 18.3 Å². The topological polar surface area (TPSA) is 134 Å². The van der Waals surface area contributed by atoms with Crippen molar-refractivity contribution in [2.24, 2.45) is 0 Å². The molecular formula is C32H39N9O2. The molecule has 5 aromatic rings. The van der Waals surface area contributed by atoms with Gasteiger partial charge in [-0.2, -0.15) is 5.10 Å². The van der Waals surface area contributed by atoms with Crippen LogP contribution in [-0.2, 0) is 6.42 Å². The van der Waals surface area contributed by atoms with E-state index in [4.69, 9.17) is 20.6 Å². The summed E-state index contributed by atoms with van der Waals surface area (Å²) in [6.07, 6.45) is 6.56. The van der Waals surface area contributed by atoms with E-state index in [9.17, 15) is 5.11 Å². The molecule has 0 radical (unpaired) electrons. The first kappa shape index (κ1) is 27.8. The molecule has 7 rings (SSSR count). The number of benzene rings is 2. The van der Waals surface area contributed by atoms with Crippen molar-refractivity contribution in [2.45, 2.75) is 44.2 Å². The second-order valence-corrected chi connectivity index (χ2v) is 11.7. The van der Waals surface area contributed by atoms with Crippen molar-refractivity contribution in [3.05, 3.63) is 60.2 Å². The first-order valence-corrected chi connectivity index (χ1v) is 15.3. The largest absolute Gasteiger partial charge is 0.496 e. The zero-order valence-electron chi connectivity index (χ0n) is 24.6. The fourth-order valence-electron chi connectivity index (χ4n) is 6.94. The van der Waals surface area contributed by atoms with Crippen LogP contribution in [-0.4, -0.2) is 97.1 Å². The fraction of sp³-hybridized carbons (Fsp3) is 0.438. The molecular weight excluding hydrogens is 542 g/mol. The normalized spacial score (nSPS) is 20.2. The zero-order chi connectivity index (χ0) is 29.3. The van der Waals surface area contributed by atoms with Crippen LogP contribution < -0.4 is 10.5 Å². The maximum Gasteiger partial charge on any atom is 0.164 e. The van der Waals surface area contributed by atoms with Crippen LogP contribution in [0.3, 0.4) is 0 Å². The van der Waals surface area contributed by atoms with Crippen molar-refractivity contribution in [3.63, 3.8) is 0 Å². The van der Waals surface area contributed by atoms with Gasteiger partial charge in [-0.05, 0) is 43.9 Å². The standard InChI is InChI=1S/C32H39N9O2/c1-43-27-5-3-2-4-21(27)19-28-36-25-11-6-22(18-26(25)37-28)30-29-31(33)34-20-35-32(29)41(38-30)24-9-7-23(8-10-24)40-14-12-39(13-15-40)16-17-42/h2-6,11,18,20,23-24,42H,7-10,12-17,19H2,1H3,(H,36,37)(H2,33,34,35)/t23-,24-. The Morgan fingerprint density at radius 1 is 1.00 bits per heavy atom. The number of aliphatic hydroxyl groups is 1. The molecule has 2 aromatic carbocycles.